The van der Waals surface area contributed by atoms with Crippen LogP contribution in [0.15, 0.2) is 58.3 Å². The monoisotopic (exact) mass is 291 g/mol. The lowest BCUT2D eigenvalue weighted by Crippen LogP contribution is -2.04. The Labute approximate surface area is 117 Å². The van der Waals surface area contributed by atoms with Crippen LogP contribution in [0.25, 0.3) is 0 Å². The van der Waals surface area contributed by atoms with E-state index in [4.69, 9.17) is 0 Å². The van der Waals surface area contributed by atoms with Crippen molar-refractivity contribution in [2.45, 2.75) is 28.7 Å². The van der Waals surface area contributed by atoms with Gasteiger partial charge in [0.25, 0.3) is 0 Å². The number of hydrogen-bond donors (Lipinski definition) is 1. The van der Waals surface area contributed by atoms with Gasteiger partial charge >= 0.3 is 0 Å². The SMILES string of the molecule is O=S(=O)(c1ccc(F)cc1)c1ccc(NC2CC2)cc1. The van der Waals surface area contributed by atoms with E-state index in [0.29, 0.717) is 6.04 Å². The summed E-state index contributed by atoms with van der Waals surface area (Å²) < 4.78 is 37.6. The molecule has 0 amide bonds. The largest absolute Gasteiger partial charge is 0.382 e. The molecule has 20 heavy (non-hydrogen) atoms. The minimum Gasteiger partial charge on any atom is -0.382 e. The fourth-order valence-electron chi connectivity index (χ4n) is 1.94. The van der Waals surface area contributed by atoms with Gasteiger partial charge < -0.3 is 5.32 Å². The maximum atomic E-state index is 12.9. The summed E-state index contributed by atoms with van der Waals surface area (Å²) in [6, 6.07) is 12.0. The van der Waals surface area contributed by atoms with Crippen molar-refractivity contribution in [1.29, 1.82) is 0 Å². The molecule has 3 nitrogen and oxygen atoms in total. The van der Waals surface area contributed by atoms with Gasteiger partial charge in [-0.3, -0.25) is 0 Å². The Bertz CT molecular complexity index is 705. The molecule has 1 aliphatic carbocycles. The highest BCUT2D eigenvalue weighted by atomic mass is 32.2. The maximum absolute atomic E-state index is 12.9. The molecule has 0 radical (unpaired) electrons. The summed E-state index contributed by atoms with van der Waals surface area (Å²) in [5.41, 5.74) is 0.922. The summed E-state index contributed by atoms with van der Waals surface area (Å²) in [6.07, 6.45) is 2.32. The van der Waals surface area contributed by atoms with Crippen LogP contribution in [0, 0.1) is 5.82 Å². The molecule has 1 saturated carbocycles. The first kappa shape index (κ1) is 13.1. The summed E-state index contributed by atoms with van der Waals surface area (Å²) in [4.78, 5) is 0.312. The molecule has 2 aromatic rings. The highest BCUT2D eigenvalue weighted by Crippen LogP contribution is 2.26. The van der Waals surface area contributed by atoms with Gasteiger partial charge in [-0.05, 0) is 61.4 Å². The molecule has 0 unspecified atom stereocenters. The third-order valence-electron chi connectivity index (χ3n) is 3.24. The zero-order chi connectivity index (χ0) is 14.2. The Morgan fingerprint density at radius 3 is 1.90 bits per heavy atom. The Morgan fingerprint density at radius 1 is 0.900 bits per heavy atom. The number of hydrogen-bond acceptors (Lipinski definition) is 3. The standard InChI is InChI=1S/C15H14FNO2S/c16-11-1-7-14(8-2-11)20(18,19)15-9-5-13(6-10-15)17-12-3-4-12/h1-2,5-10,12,17H,3-4H2. The first-order valence-electron chi connectivity index (χ1n) is 6.43. The van der Waals surface area contributed by atoms with E-state index < -0.39 is 15.7 Å². The van der Waals surface area contributed by atoms with Crippen LogP contribution in [0.4, 0.5) is 10.1 Å². The van der Waals surface area contributed by atoms with Gasteiger partial charge in [-0.1, -0.05) is 0 Å². The van der Waals surface area contributed by atoms with Crippen LogP contribution >= 0.6 is 0 Å². The lowest BCUT2D eigenvalue weighted by molar-refractivity contribution is 0.595. The summed E-state index contributed by atoms with van der Waals surface area (Å²) in [6.45, 7) is 0. The summed E-state index contributed by atoms with van der Waals surface area (Å²) in [5.74, 6) is -0.451. The van der Waals surface area contributed by atoms with Gasteiger partial charge in [-0.15, -0.1) is 0 Å². The first-order valence-corrected chi connectivity index (χ1v) is 7.91. The van der Waals surface area contributed by atoms with Crippen LogP contribution in [-0.4, -0.2) is 14.5 Å². The van der Waals surface area contributed by atoms with Gasteiger partial charge in [0.15, 0.2) is 0 Å². The van der Waals surface area contributed by atoms with Crippen LogP contribution in [0.1, 0.15) is 12.8 Å². The smallest absolute Gasteiger partial charge is 0.206 e. The molecular weight excluding hydrogens is 277 g/mol. The second-order valence-corrected chi connectivity index (χ2v) is 6.85. The third kappa shape index (κ3) is 2.67. The van der Waals surface area contributed by atoms with Gasteiger partial charge in [0.2, 0.25) is 9.84 Å². The number of benzene rings is 2. The number of anilines is 1. The van der Waals surface area contributed by atoms with E-state index >= 15 is 0 Å². The fraction of sp³-hybridized carbons (Fsp3) is 0.200. The number of rotatable bonds is 4. The van der Waals surface area contributed by atoms with Crippen molar-refractivity contribution < 1.29 is 12.8 Å². The van der Waals surface area contributed by atoms with E-state index in [1.807, 2.05) is 0 Å². The molecule has 1 fully saturated rings. The molecule has 2 aromatic carbocycles. The lowest BCUT2D eigenvalue weighted by atomic mass is 10.3. The van der Waals surface area contributed by atoms with Crippen molar-refractivity contribution in [1.82, 2.24) is 0 Å². The van der Waals surface area contributed by atoms with Crippen molar-refractivity contribution in [2.75, 3.05) is 5.32 Å². The average molecular weight is 291 g/mol. The molecule has 0 aromatic heterocycles. The quantitative estimate of drug-likeness (QED) is 0.880. The molecule has 0 aliphatic heterocycles. The maximum Gasteiger partial charge on any atom is 0.206 e. The Balaban J connectivity index is 1.88. The molecule has 3 rings (SSSR count). The molecule has 0 saturated heterocycles. The molecule has 1 N–H and O–H groups in total. The van der Waals surface area contributed by atoms with Crippen LogP contribution < -0.4 is 5.32 Å². The fourth-order valence-corrected chi connectivity index (χ4v) is 3.20. The van der Waals surface area contributed by atoms with Crippen molar-refractivity contribution in [2.24, 2.45) is 0 Å². The zero-order valence-electron chi connectivity index (χ0n) is 10.7. The highest BCUT2D eigenvalue weighted by molar-refractivity contribution is 7.91. The van der Waals surface area contributed by atoms with E-state index in [9.17, 15) is 12.8 Å². The van der Waals surface area contributed by atoms with Crippen molar-refractivity contribution in [3.63, 3.8) is 0 Å². The number of sulfone groups is 1. The van der Waals surface area contributed by atoms with Gasteiger partial charge in [0.05, 0.1) is 9.79 Å². The predicted molar refractivity (Wildman–Crippen MR) is 74.9 cm³/mol. The van der Waals surface area contributed by atoms with Crippen LogP contribution in [0.2, 0.25) is 0 Å². The van der Waals surface area contributed by atoms with Crippen LogP contribution in [0.3, 0.4) is 0 Å². The molecule has 5 heteroatoms. The van der Waals surface area contributed by atoms with E-state index in [0.717, 1.165) is 30.7 Å². The second-order valence-electron chi connectivity index (χ2n) is 4.90. The highest BCUT2D eigenvalue weighted by Gasteiger charge is 2.21. The summed E-state index contributed by atoms with van der Waals surface area (Å²) >= 11 is 0. The predicted octanol–water partition coefficient (Wildman–Crippen LogP) is 3.23. The van der Waals surface area contributed by atoms with Crippen LogP contribution in [0.5, 0.6) is 0 Å². The molecule has 104 valence electrons. The first-order chi connectivity index (χ1) is 9.55. The lowest BCUT2D eigenvalue weighted by Gasteiger charge is -2.07. The third-order valence-corrected chi connectivity index (χ3v) is 5.02. The zero-order valence-corrected chi connectivity index (χ0v) is 11.5. The summed E-state index contributed by atoms with van der Waals surface area (Å²) in [5, 5.41) is 3.30. The van der Waals surface area contributed by atoms with E-state index in [1.54, 1.807) is 24.3 Å². The van der Waals surface area contributed by atoms with Crippen molar-refractivity contribution in [3.05, 3.63) is 54.3 Å². The van der Waals surface area contributed by atoms with Gasteiger partial charge in [0, 0.05) is 11.7 Å². The molecule has 0 atom stereocenters. The minimum atomic E-state index is -3.58. The van der Waals surface area contributed by atoms with Crippen LogP contribution in [-0.2, 0) is 9.84 Å². The van der Waals surface area contributed by atoms with E-state index in [-0.39, 0.29) is 9.79 Å². The van der Waals surface area contributed by atoms with Crippen molar-refractivity contribution >= 4 is 15.5 Å². The Kier molecular flexibility index (Phi) is 3.22. The van der Waals surface area contributed by atoms with Crippen molar-refractivity contribution in [3.8, 4) is 0 Å². The molecule has 0 spiro atoms. The van der Waals surface area contributed by atoms with Gasteiger partial charge in [-0.25, -0.2) is 12.8 Å². The second kappa shape index (κ2) is 4.90. The Hall–Kier alpha value is -1.88. The molecular formula is C15H14FNO2S. The summed E-state index contributed by atoms with van der Waals surface area (Å²) in [7, 11) is -3.58. The number of nitrogens with one attached hydrogen (secondary N) is 1. The normalized spacial score (nSPS) is 15.1. The van der Waals surface area contributed by atoms with E-state index in [2.05, 4.69) is 5.32 Å². The van der Waals surface area contributed by atoms with E-state index in [1.165, 1.54) is 12.1 Å². The average Bonchev–Trinajstić information content (AvgIpc) is 3.24. The minimum absolute atomic E-state index is 0.0989. The topological polar surface area (TPSA) is 46.2 Å². The molecule has 0 heterocycles. The number of halogens is 1. The Morgan fingerprint density at radius 2 is 1.40 bits per heavy atom. The molecule has 0 bridgehead atoms. The molecule has 1 aliphatic rings. The van der Waals surface area contributed by atoms with Gasteiger partial charge in [-0.2, -0.15) is 0 Å². The van der Waals surface area contributed by atoms with Gasteiger partial charge in [0.1, 0.15) is 5.82 Å².